The van der Waals surface area contributed by atoms with Crippen LogP contribution in [0, 0.1) is 5.92 Å². The smallest absolute Gasteiger partial charge is 0.409 e. The van der Waals surface area contributed by atoms with Crippen molar-refractivity contribution in [1.29, 1.82) is 0 Å². The molecule has 13 heavy (non-hydrogen) atoms. The second-order valence-electron chi connectivity index (χ2n) is 3.44. The molecule has 1 N–H and O–H groups in total. The molecule has 0 aliphatic carbocycles. The molecule has 1 atom stereocenters. The van der Waals surface area contributed by atoms with Crippen LogP contribution in [-0.2, 0) is 4.74 Å². The van der Waals surface area contributed by atoms with Gasteiger partial charge in [0.15, 0.2) is 0 Å². The van der Waals surface area contributed by atoms with Crippen LogP contribution in [-0.4, -0.2) is 42.9 Å². The zero-order valence-electron chi connectivity index (χ0n) is 8.03. The number of carbonyl (C=O) groups is 1. The topological polar surface area (TPSA) is 49.8 Å². The summed E-state index contributed by atoms with van der Waals surface area (Å²) in [7, 11) is 1.40. The lowest BCUT2D eigenvalue weighted by Gasteiger charge is -2.18. The normalized spacial score (nSPS) is 23.8. The van der Waals surface area contributed by atoms with Crippen molar-refractivity contribution in [3.63, 3.8) is 0 Å². The third-order valence-electron chi connectivity index (χ3n) is 2.54. The summed E-state index contributed by atoms with van der Waals surface area (Å²) in [5, 5.41) is 8.96. The lowest BCUT2D eigenvalue weighted by atomic mass is 10.0. The van der Waals surface area contributed by atoms with Crippen molar-refractivity contribution < 1.29 is 14.6 Å². The Kier molecular flexibility index (Phi) is 4.02. The first kappa shape index (κ1) is 10.3. The Hall–Kier alpha value is -0.770. The number of hydrogen-bond donors (Lipinski definition) is 1. The number of hydrogen-bond acceptors (Lipinski definition) is 3. The first-order valence-electron chi connectivity index (χ1n) is 4.71. The molecule has 1 amide bonds. The number of carbonyl (C=O) groups excluding carboxylic acids is 1. The van der Waals surface area contributed by atoms with Gasteiger partial charge < -0.3 is 14.7 Å². The van der Waals surface area contributed by atoms with E-state index in [0.717, 1.165) is 25.8 Å². The van der Waals surface area contributed by atoms with Crippen LogP contribution in [0.15, 0.2) is 0 Å². The van der Waals surface area contributed by atoms with E-state index in [1.807, 2.05) is 0 Å². The number of likely N-dealkylation sites (tertiary alicyclic amines) is 1. The largest absolute Gasteiger partial charge is 0.453 e. The van der Waals surface area contributed by atoms with Gasteiger partial charge in [0.2, 0.25) is 0 Å². The van der Waals surface area contributed by atoms with Crippen LogP contribution < -0.4 is 0 Å². The van der Waals surface area contributed by atoms with Crippen LogP contribution in [0.25, 0.3) is 0 Å². The molecule has 1 saturated heterocycles. The van der Waals surface area contributed by atoms with Crippen molar-refractivity contribution in [2.24, 2.45) is 5.92 Å². The van der Waals surface area contributed by atoms with E-state index in [9.17, 15) is 4.79 Å². The fourth-order valence-corrected chi connectivity index (χ4v) is 1.66. The molecule has 4 nitrogen and oxygen atoms in total. The van der Waals surface area contributed by atoms with E-state index < -0.39 is 0 Å². The lowest BCUT2D eigenvalue weighted by Crippen LogP contribution is -2.31. The van der Waals surface area contributed by atoms with Crippen molar-refractivity contribution in [3.8, 4) is 0 Å². The minimum absolute atomic E-state index is 0.231. The summed E-state index contributed by atoms with van der Waals surface area (Å²) in [6.45, 7) is 1.69. The molecule has 1 heterocycles. The fraction of sp³-hybridized carbons (Fsp3) is 0.889. The zero-order valence-corrected chi connectivity index (χ0v) is 8.03. The first-order chi connectivity index (χ1) is 6.27. The first-order valence-corrected chi connectivity index (χ1v) is 4.71. The van der Waals surface area contributed by atoms with E-state index >= 15 is 0 Å². The number of rotatable bonds is 1. The predicted octanol–water partition coefficient (Wildman–Crippen LogP) is 0.847. The van der Waals surface area contributed by atoms with E-state index in [1.165, 1.54) is 7.11 Å². The van der Waals surface area contributed by atoms with Crippen molar-refractivity contribution in [2.75, 3.05) is 26.8 Å². The Morgan fingerprint density at radius 2 is 2.31 bits per heavy atom. The number of aliphatic hydroxyl groups excluding tert-OH is 1. The highest BCUT2D eigenvalue weighted by molar-refractivity contribution is 5.67. The number of amides is 1. The molecule has 76 valence electrons. The molecule has 1 fully saturated rings. The van der Waals surface area contributed by atoms with Gasteiger partial charge in [0.05, 0.1) is 7.11 Å². The summed E-state index contributed by atoms with van der Waals surface area (Å²) in [4.78, 5) is 12.9. The lowest BCUT2D eigenvalue weighted by molar-refractivity contribution is 0.123. The van der Waals surface area contributed by atoms with E-state index in [1.54, 1.807) is 4.90 Å². The Labute approximate surface area is 78.5 Å². The molecule has 0 aromatic rings. The third-order valence-corrected chi connectivity index (χ3v) is 2.54. The van der Waals surface area contributed by atoms with Crippen LogP contribution in [0.4, 0.5) is 4.79 Å². The van der Waals surface area contributed by atoms with Crippen LogP contribution in [0.1, 0.15) is 19.3 Å². The van der Waals surface area contributed by atoms with Gasteiger partial charge in [-0.25, -0.2) is 4.79 Å². The van der Waals surface area contributed by atoms with Gasteiger partial charge in [0.1, 0.15) is 0 Å². The number of ether oxygens (including phenoxy) is 1. The zero-order chi connectivity index (χ0) is 9.68. The fourth-order valence-electron chi connectivity index (χ4n) is 1.66. The van der Waals surface area contributed by atoms with Crippen LogP contribution >= 0.6 is 0 Å². The summed E-state index contributed by atoms with van der Waals surface area (Å²) in [5.41, 5.74) is 0. The average molecular weight is 187 g/mol. The average Bonchev–Trinajstić information content (AvgIpc) is 2.41. The maximum Gasteiger partial charge on any atom is 0.409 e. The van der Waals surface area contributed by atoms with Gasteiger partial charge in [-0.2, -0.15) is 0 Å². The second-order valence-corrected chi connectivity index (χ2v) is 3.44. The molecule has 0 saturated carbocycles. The highest BCUT2D eigenvalue weighted by atomic mass is 16.5. The van der Waals surface area contributed by atoms with E-state index in [0.29, 0.717) is 12.5 Å². The second kappa shape index (κ2) is 5.07. The highest BCUT2D eigenvalue weighted by Gasteiger charge is 2.19. The molecular weight excluding hydrogens is 170 g/mol. The molecule has 0 bridgehead atoms. The van der Waals surface area contributed by atoms with E-state index in [2.05, 4.69) is 4.74 Å². The summed E-state index contributed by atoms with van der Waals surface area (Å²) in [5.74, 6) is 0.356. The van der Waals surface area contributed by atoms with Crippen molar-refractivity contribution >= 4 is 6.09 Å². The Morgan fingerprint density at radius 3 is 2.92 bits per heavy atom. The molecule has 0 aromatic heterocycles. The van der Waals surface area contributed by atoms with Gasteiger partial charge in [-0.05, 0) is 25.2 Å². The maximum atomic E-state index is 11.2. The molecule has 0 aromatic carbocycles. The third kappa shape index (κ3) is 2.88. The van der Waals surface area contributed by atoms with Crippen molar-refractivity contribution in [1.82, 2.24) is 4.90 Å². The maximum absolute atomic E-state index is 11.2. The predicted molar refractivity (Wildman–Crippen MR) is 48.4 cm³/mol. The molecule has 4 heteroatoms. The highest BCUT2D eigenvalue weighted by Crippen LogP contribution is 2.16. The van der Waals surface area contributed by atoms with Gasteiger partial charge in [-0.15, -0.1) is 0 Å². The van der Waals surface area contributed by atoms with Gasteiger partial charge in [-0.3, -0.25) is 0 Å². The number of aliphatic hydroxyl groups is 1. The Morgan fingerprint density at radius 1 is 1.54 bits per heavy atom. The minimum atomic E-state index is -0.251. The molecule has 0 spiro atoms. The van der Waals surface area contributed by atoms with Crippen molar-refractivity contribution in [3.05, 3.63) is 0 Å². The van der Waals surface area contributed by atoms with Gasteiger partial charge in [0, 0.05) is 19.7 Å². The van der Waals surface area contributed by atoms with Gasteiger partial charge in [-0.1, -0.05) is 0 Å². The minimum Gasteiger partial charge on any atom is -0.453 e. The molecule has 1 aliphatic heterocycles. The van der Waals surface area contributed by atoms with Gasteiger partial charge >= 0.3 is 6.09 Å². The molecule has 1 rings (SSSR count). The number of methoxy groups -OCH3 is 1. The SMILES string of the molecule is COC(=O)N1CCCC(CO)CC1. The number of nitrogens with zero attached hydrogens (tertiary/aromatic N) is 1. The van der Waals surface area contributed by atoms with Crippen LogP contribution in [0.3, 0.4) is 0 Å². The summed E-state index contributed by atoms with van der Waals surface area (Å²) in [6.07, 6.45) is 2.59. The van der Waals surface area contributed by atoms with Crippen LogP contribution in [0.5, 0.6) is 0 Å². The van der Waals surface area contributed by atoms with Gasteiger partial charge in [0.25, 0.3) is 0 Å². The Balaban J connectivity index is 2.40. The molecule has 1 unspecified atom stereocenters. The monoisotopic (exact) mass is 187 g/mol. The van der Waals surface area contributed by atoms with Crippen molar-refractivity contribution in [2.45, 2.75) is 19.3 Å². The quantitative estimate of drug-likeness (QED) is 0.662. The van der Waals surface area contributed by atoms with E-state index in [-0.39, 0.29) is 12.7 Å². The summed E-state index contributed by atoms with van der Waals surface area (Å²) in [6, 6.07) is 0. The van der Waals surface area contributed by atoms with Crippen LogP contribution in [0.2, 0.25) is 0 Å². The summed E-state index contributed by atoms with van der Waals surface area (Å²) < 4.78 is 4.64. The Bertz CT molecular complexity index is 172. The standard InChI is InChI=1S/C9H17NO3/c1-13-9(12)10-5-2-3-8(7-11)4-6-10/h8,11H,2-7H2,1H3. The molecular formula is C9H17NO3. The molecule has 0 radical (unpaired) electrons. The molecule has 1 aliphatic rings. The summed E-state index contributed by atoms with van der Waals surface area (Å²) >= 11 is 0. The van der Waals surface area contributed by atoms with E-state index in [4.69, 9.17) is 5.11 Å².